The molecule has 0 radical (unpaired) electrons. The Labute approximate surface area is 165 Å². The van der Waals surface area contributed by atoms with E-state index in [1.807, 2.05) is 23.7 Å². The molecule has 1 saturated heterocycles. The molecule has 1 aliphatic rings. The summed E-state index contributed by atoms with van der Waals surface area (Å²) in [4.78, 5) is 13.3. The van der Waals surface area contributed by atoms with E-state index in [2.05, 4.69) is 30.5 Å². The molecule has 0 spiro atoms. The van der Waals surface area contributed by atoms with Gasteiger partial charge in [0.1, 0.15) is 0 Å². The molecule has 7 heteroatoms. The molecule has 1 aliphatic heterocycles. The van der Waals surface area contributed by atoms with Gasteiger partial charge in [0.15, 0.2) is 12.5 Å². The Morgan fingerprint density at radius 3 is 2.63 bits per heavy atom. The monoisotopic (exact) mass is 389 g/mol. The van der Waals surface area contributed by atoms with E-state index < -0.39 is 0 Å². The Bertz CT molecular complexity index is 850. The van der Waals surface area contributed by atoms with Crippen LogP contribution in [0.3, 0.4) is 0 Å². The number of carbonyl (C=O) groups is 1. The van der Waals surface area contributed by atoms with Crippen molar-refractivity contribution in [2.24, 2.45) is 5.92 Å². The summed E-state index contributed by atoms with van der Waals surface area (Å²) in [5.41, 5.74) is 2.32. The van der Waals surface area contributed by atoms with Crippen molar-refractivity contribution < 1.29 is 14.4 Å². The van der Waals surface area contributed by atoms with Gasteiger partial charge in [-0.2, -0.15) is 4.68 Å². The Balaban J connectivity index is 1.75. The van der Waals surface area contributed by atoms with E-state index in [1.54, 1.807) is 0 Å². The molecule has 1 aromatic carbocycles. The van der Waals surface area contributed by atoms with Crippen molar-refractivity contribution in [1.29, 1.82) is 0 Å². The Kier molecular flexibility index (Phi) is 6.44. The van der Waals surface area contributed by atoms with E-state index in [1.165, 1.54) is 10.5 Å². The van der Waals surface area contributed by atoms with E-state index in [0.717, 1.165) is 55.3 Å². The van der Waals surface area contributed by atoms with Crippen molar-refractivity contribution >= 4 is 18.2 Å². The van der Waals surface area contributed by atoms with E-state index in [0.29, 0.717) is 6.61 Å². The first-order chi connectivity index (χ1) is 13.0. The number of nitrogens with one attached hydrogen (secondary N) is 1. The van der Waals surface area contributed by atoms with Crippen LogP contribution in [0, 0.1) is 17.6 Å². The summed E-state index contributed by atoms with van der Waals surface area (Å²) in [7, 11) is 0. The van der Waals surface area contributed by atoms with Crippen LogP contribution in [0.25, 0.3) is 11.4 Å². The van der Waals surface area contributed by atoms with Crippen LogP contribution in [0.5, 0.6) is 0 Å². The third-order valence-corrected chi connectivity index (χ3v) is 5.74. The van der Waals surface area contributed by atoms with Gasteiger partial charge in [-0.1, -0.05) is 24.3 Å². The summed E-state index contributed by atoms with van der Waals surface area (Å²) in [5.74, 6) is 0.920. The van der Waals surface area contributed by atoms with Gasteiger partial charge >= 0.3 is 5.97 Å². The molecule has 2 heterocycles. The van der Waals surface area contributed by atoms with Crippen LogP contribution in [-0.2, 0) is 22.7 Å². The highest BCUT2D eigenvalue weighted by atomic mass is 32.1. The van der Waals surface area contributed by atoms with Crippen LogP contribution in [0.1, 0.15) is 32.3 Å². The first-order valence-corrected chi connectivity index (χ1v) is 10.2. The summed E-state index contributed by atoms with van der Waals surface area (Å²) >= 11 is 5.70. The summed E-state index contributed by atoms with van der Waals surface area (Å²) in [6.07, 6.45) is 1.72. The quantitative estimate of drug-likeness (QED) is 0.608. The van der Waals surface area contributed by atoms with E-state index >= 15 is 0 Å². The third-order valence-electron chi connectivity index (χ3n) is 5.31. The molecular formula is C20H29N4O2S+. The van der Waals surface area contributed by atoms with Crippen LogP contribution in [-0.4, -0.2) is 40.0 Å². The number of esters is 1. The van der Waals surface area contributed by atoms with Gasteiger partial charge in [0.05, 0.1) is 25.6 Å². The van der Waals surface area contributed by atoms with E-state index in [9.17, 15) is 4.79 Å². The minimum absolute atomic E-state index is 0.0393. The van der Waals surface area contributed by atoms with Gasteiger partial charge in [-0.05, 0) is 38.6 Å². The van der Waals surface area contributed by atoms with E-state index in [-0.39, 0.29) is 11.9 Å². The molecule has 27 heavy (non-hydrogen) atoms. The molecule has 6 nitrogen and oxygen atoms in total. The molecule has 0 aliphatic carbocycles. The van der Waals surface area contributed by atoms with Crippen molar-refractivity contribution in [2.45, 2.75) is 46.8 Å². The number of ether oxygens (including phenoxy) is 1. The molecule has 1 N–H and O–H groups in total. The van der Waals surface area contributed by atoms with Gasteiger partial charge in [-0.15, -0.1) is 5.10 Å². The number of aromatic nitrogens is 3. The Hall–Kier alpha value is -1.99. The molecule has 146 valence electrons. The zero-order chi connectivity index (χ0) is 19.4. The van der Waals surface area contributed by atoms with Gasteiger partial charge in [-0.25, -0.2) is 0 Å². The highest BCUT2D eigenvalue weighted by Crippen LogP contribution is 2.22. The van der Waals surface area contributed by atoms with Gasteiger partial charge in [-0.3, -0.25) is 4.79 Å². The number of nitrogens with zero attached hydrogens (tertiary/aromatic N) is 3. The maximum absolute atomic E-state index is 11.9. The fraction of sp³-hybridized carbons (Fsp3) is 0.550. The molecule has 0 amide bonds. The topological polar surface area (TPSA) is 53.5 Å². The number of likely N-dealkylation sites (tertiary alicyclic amines) is 1. The summed E-state index contributed by atoms with van der Waals surface area (Å²) in [6, 6.07) is 8.28. The van der Waals surface area contributed by atoms with Crippen molar-refractivity contribution in [2.75, 3.05) is 19.7 Å². The second-order valence-electron chi connectivity index (χ2n) is 7.10. The average Bonchev–Trinajstić information content (AvgIpc) is 2.98. The number of rotatable bonds is 6. The van der Waals surface area contributed by atoms with Crippen LogP contribution in [0.4, 0.5) is 0 Å². The lowest BCUT2D eigenvalue weighted by Crippen LogP contribution is -3.12. The second-order valence-corrected chi connectivity index (χ2v) is 7.46. The first kappa shape index (κ1) is 19.8. The SMILES string of the molecule is CCOC(=O)C1CC[NH+](Cn2nc(-c3ccccc3C)n(CC)c2=S)CC1. The van der Waals surface area contributed by atoms with Gasteiger partial charge in [0.25, 0.3) is 0 Å². The van der Waals surface area contributed by atoms with Crippen LogP contribution in [0.2, 0.25) is 0 Å². The zero-order valence-electron chi connectivity index (χ0n) is 16.4. The lowest BCUT2D eigenvalue weighted by Gasteiger charge is -2.27. The molecular weight excluding hydrogens is 360 g/mol. The van der Waals surface area contributed by atoms with Gasteiger partial charge in [0.2, 0.25) is 4.77 Å². The lowest BCUT2D eigenvalue weighted by molar-refractivity contribution is -0.929. The van der Waals surface area contributed by atoms with E-state index in [4.69, 9.17) is 22.1 Å². The predicted octanol–water partition coefficient (Wildman–Crippen LogP) is 2.22. The molecule has 0 saturated carbocycles. The highest BCUT2D eigenvalue weighted by Gasteiger charge is 2.29. The summed E-state index contributed by atoms with van der Waals surface area (Å²) in [5, 5.41) is 4.85. The minimum atomic E-state index is -0.0507. The zero-order valence-corrected chi connectivity index (χ0v) is 17.2. The Morgan fingerprint density at radius 2 is 2.00 bits per heavy atom. The fourth-order valence-corrected chi connectivity index (χ4v) is 4.06. The highest BCUT2D eigenvalue weighted by molar-refractivity contribution is 7.71. The average molecular weight is 390 g/mol. The maximum atomic E-state index is 11.9. The largest absolute Gasteiger partial charge is 0.466 e. The van der Waals surface area contributed by atoms with Crippen molar-refractivity contribution in [3.05, 3.63) is 34.6 Å². The molecule has 0 bridgehead atoms. The van der Waals surface area contributed by atoms with Crippen LogP contribution >= 0.6 is 12.2 Å². The number of piperidine rings is 1. The Morgan fingerprint density at radius 1 is 1.30 bits per heavy atom. The summed E-state index contributed by atoms with van der Waals surface area (Å²) in [6.45, 7) is 9.91. The minimum Gasteiger partial charge on any atom is -0.466 e. The third kappa shape index (κ3) is 4.30. The molecule has 0 atom stereocenters. The number of carbonyl (C=O) groups excluding carboxylic acids is 1. The smallest absolute Gasteiger partial charge is 0.309 e. The fourth-order valence-electron chi connectivity index (χ4n) is 3.74. The lowest BCUT2D eigenvalue weighted by atomic mass is 9.97. The number of aryl methyl sites for hydroxylation is 1. The van der Waals surface area contributed by atoms with Gasteiger partial charge < -0.3 is 14.2 Å². The standard InChI is InChI=1S/C20H28N4O2S/c1-4-23-18(17-9-7-6-8-15(17)3)21-24(20(23)27)14-22-12-10-16(11-13-22)19(25)26-5-2/h6-9,16H,4-5,10-14H2,1-3H3/p+1. The predicted molar refractivity (Wildman–Crippen MR) is 107 cm³/mol. The molecule has 0 unspecified atom stereocenters. The summed E-state index contributed by atoms with van der Waals surface area (Å²) < 4.78 is 9.97. The number of quaternary nitrogens is 1. The normalized spacial score (nSPS) is 19.8. The molecule has 2 aromatic rings. The van der Waals surface area contributed by atoms with Crippen molar-refractivity contribution in [1.82, 2.24) is 14.3 Å². The van der Waals surface area contributed by atoms with Crippen LogP contribution < -0.4 is 4.90 Å². The first-order valence-electron chi connectivity index (χ1n) is 9.79. The molecule has 1 fully saturated rings. The number of benzene rings is 1. The number of hydrogen-bond acceptors (Lipinski definition) is 4. The molecule has 3 rings (SSSR count). The van der Waals surface area contributed by atoms with Gasteiger partial charge in [0, 0.05) is 24.9 Å². The molecule has 1 aromatic heterocycles. The maximum Gasteiger partial charge on any atom is 0.309 e. The van der Waals surface area contributed by atoms with Crippen molar-refractivity contribution in [3.63, 3.8) is 0 Å². The van der Waals surface area contributed by atoms with Crippen molar-refractivity contribution in [3.8, 4) is 11.4 Å². The number of hydrogen-bond donors (Lipinski definition) is 1. The van der Waals surface area contributed by atoms with Crippen LogP contribution in [0.15, 0.2) is 24.3 Å². The second kappa shape index (κ2) is 8.80.